The molecule has 30 heavy (non-hydrogen) atoms. The molecule has 1 aliphatic rings. The molecule has 1 unspecified atom stereocenters. The van der Waals surface area contributed by atoms with Crippen LogP contribution >= 0.6 is 0 Å². The molecule has 0 aromatic heterocycles. The second-order valence-corrected chi connectivity index (χ2v) is 13.2. The van der Waals surface area contributed by atoms with Gasteiger partial charge in [0.2, 0.25) is 6.04 Å². The van der Waals surface area contributed by atoms with Crippen LogP contribution in [0.1, 0.15) is 34.1 Å². The first-order valence-corrected chi connectivity index (χ1v) is 12.2. The topological polar surface area (TPSA) is 78.7 Å². The predicted molar refractivity (Wildman–Crippen MR) is 118 cm³/mol. The molecule has 3 rings (SSSR count). The number of hydrogen-bond donors (Lipinski definition) is 0. The van der Waals surface area contributed by atoms with Crippen LogP contribution in [0.4, 0.5) is 0 Å². The number of esters is 1. The first-order chi connectivity index (χ1) is 14.2. The first-order valence-electron chi connectivity index (χ1n) is 10.2. The van der Waals surface area contributed by atoms with E-state index in [-0.39, 0.29) is 23.0 Å². The van der Waals surface area contributed by atoms with Gasteiger partial charge in [-0.15, -0.1) is 0 Å². The fourth-order valence-corrected chi connectivity index (χ4v) is 8.96. The summed E-state index contributed by atoms with van der Waals surface area (Å²) in [4.78, 5) is 23.0. The maximum atomic E-state index is 12.0. The van der Waals surface area contributed by atoms with Gasteiger partial charge in [-0.1, -0.05) is 81.4 Å². The van der Waals surface area contributed by atoms with Gasteiger partial charge < -0.3 is 9.16 Å². The number of carbonyl (C=O) groups is 1. The van der Waals surface area contributed by atoms with Gasteiger partial charge in [0.1, 0.15) is 6.10 Å². The summed E-state index contributed by atoms with van der Waals surface area (Å²) in [5.74, 6) is -0.893. The minimum Gasteiger partial charge on any atom is -0.459 e. The largest absolute Gasteiger partial charge is 0.459 e. The normalized spacial score (nSPS) is 20.6. The Morgan fingerprint density at radius 1 is 1.10 bits per heavy atom. The molecule has 1 heterocycles. The van der Waals surface area contributed by atoms with E-state index in [4.69, 9.17) is 9.16 Å². The van der Waals surface area contributed by atoms with Crippen molar-refractivity contribution in [1.29, 1.82) is 0 Å². The van der Waals surface area contributed by atoms with Crippen LogP contribution in [0.25, 0.3) is 0 Å². The third-order valence-corrected chi connectivity index (χ3v) is 11.0. The lowest BCUT2D eigenvalue weighted by molar-refractivity contribution is -0.528. The number of cyclic esters (lactones) is 1. The molecule has 2 aromatic rings. The Morgan fingerprint density at radius 2 is 1.60 bits per heavy atom. The summed E-state index contributed by atoms with van der Waals surface area (Å²) in [7, 11) is -2.79. The molecule has 0 radical (unpaired) electrons. The van der Waals surface area contributed by atoms with Gasteiger partial charge in [0, 0.05) is 11.8 Å². The molecule has 0 spiro atoms. The number of benzene rings is 2. The molecule has 160 valence electrons. The number of carbonyl (C=O) groups excluding carboxylic acids is 1. The SMILES string of the molecule is CC([C@@H]1CC(=O)O[C@@H]1CO[Si](c1ccccc1)(c1ccccc1)C(C)(C)C)[N+](=O)[O-]. The van der Waals surface area contributed by atoms with Crippen LogP contribution in [0.2, 0.25) is 5.04 Å². The van der Waals surface area contributed by atoms with Gasteiger partial charge in [-0.25, -0.2) is 0 Å². The van der Waals surface area contributed by atoms with E-state index in [1.165, 1.54) is 6.92 Å². The van der Waals surface area contributed by atoms with Crippen molar-refractivity contribution in [2.24, 2.45) is 5.92 Å². The van der Waals surface area contributed by atoms with Gasteiger partial charge in [-0.2, -0.15) is 0 Å². The Bertz CT molecular complexity index is 842. The van der Waals surface area contributed by atoms with E-state index < -0.39 is 32.4 Å². The van der Waals surface area contributed by atoms with Gasteiger partial charge in [0.05, 0.1) is 18.9 Å². The van der Waals surface area contributed by atoms with Crippen LogP contribution in [0.15, 0.2) is 60.7 Å². The Hall–Kier alpha value is -2.51. The summed E-state index contributed by atoms with van der Waals surface area (Å²) in [6.07, 6.45) is -0.573. The van der Waals surface area contributed by atoms with Gasteiger partial charge in [-0.05, 0) is 15.4 Å². The molecule has 7 heteroatoms. The lowest BCUT2D eigenvalue weighted by Crippen LogP contribution is -2.67. The molecule has 1 saturated heterocycles. The van der Waals surface area contributed by atoms with E-state index in [0.29, 0.717) is 0 Å². The average Bonchev–Trinajstić information content (AvgIpc) is 3.09. The van der Waals surface area contributed by atoms with Gasteiger partial charge >= 0.3 is 5.97 Å². The summed E-state index contributed by atoms with van der Waals surface area (Å²) in [5.41, 5.74) is 0. The maximum absolute atomic E-state index is 12.0. The molecule has 2 aromatic carbocycles. The first kappa shape index (κ1) is 22.2. The average molecular weight is 428 g/mol. The van der Waals surface area contributed by atoms with Crippen molar-refractivity contribution in [3.63, 3.8) is 0 Å². The fraction of sp³-hybridized carbons (Fsp3) is 0.435. The van der Waals surface area contributed by atoms with Crippen LogP contribution in [-0.2, 0) is 14.0 Å². The van der Waals surface area contributed by atoms with E-state index in [0.717, 1.165) is 10.4 Å². The predicted octanol–water partition coefficient (Wildman–Crippen LogP) is 3.16. The minimum atomic E-state index is -2.79. The summed E-state index contributed by atoms with van der Waals surface area (Å²) in [5, 5.41) is 13.4. The van der Waals surface area contributed by atoms with Crippen LogP contribution in [0.3, 0.4) is 0 Å². The quantitative estimate of drug-likeness (QED) is 0.294. The smallest absolute Gasteiger partial charge is 0.306 e. The third kappa shape index (κ3) is 4.18. The van der Waals surface area contributed by atoms with Gasteiger partial charge in [0.15, 0.2) is 0 Å². The highest BCUT2D eigenvalue weighted by molar-refractivity contribution is 6.99. The maximum Gasteiger partial charge on any atom is 0.306 e. The van der Waals surface area contributed by atoms with Crippen LogP contribution in [0.5, 0.6) is 0 Å². The molecule has 0 aliphatic carbocycles. The van der Waals surface area contributed by atoms with Crippen molar-refractivity contribution in [3.05, 3.63) is 70.8 Å². The highest BCUT2D eigenvalue weighted by atomic mass is 28.4. The van der Waals surface area contributed by atoms with Crippen molar-refractivity contribution in [3.8, 4) is 0 Å². The molecule has 0 bridgehead atoms. The Morgan fingerprint density at radius 3 is 2.03 bits per heavy atom. The molecule has 0 saturated carbocycles. The molecular formula is C23H29NO5Si. The molecule has 1 aliphatic heterocycles. The number of hydrogen-bond acceptors (Lipinski definition) is 5. The molecule has 3 atom stereocenters. The summed E-state index contributed by atoms with van der Waals surface area (Å²) >= 11 is 0. The molecule has 0 N–H and O–H groups in total. The van der Waals surface area contributed by atoms with Crippen LogP contribution < -0.4 is 10.4 Å². The number of nitro groups is 1. The minimum absolute atomic E-state index is 0.0525. The molecule has 1 fully saturated rings. The van der Waals surface area contributed by atoms with E-state index in [2.05, 4.69) is 45.0 Å². The van der Waals surface area contributed by atoms with Gasteiger partial charge in [-0.3, -0.25) is 14.9 Å². The van der Waals surface area contributed by atoms with Crippen molar-refractivity contribution >= 4 is 24.7 Å². The second kappa shape index (κ2) is 8.69. The number of ether oxygens (including phenoxy) is 1. The lowest BCUT2D eigenvalue weighted by Gasteiger charge is -2.43. The molecular weight excluding hydrogens is 398 g/mol. The monoisotopic (exact) mass is 427 g/mol. The zero-order chi connectivity index (χ0) is 21.9. The highest BCUT2D eigenvalue weighted by Gasteiger charge is 2.52. The van der Waals surface area contributed by atoms with Crippen LogP contribution in [-0.4, -0.2) is 38.0 Å². The standard InChI is InChI=1S/C23H29NO5Si/c1-17(24(26)27)20-15-22(25)29-21(20)16-28-30(23(2,3)4,18-11-7-5-8-12-18)19-13-9-6-10-14-19/h5-14,17,20-21H,15-16H2,1-4H3/t17?,20-,21+/m0/s1. The van der Waals surface area contributed by atoms with Gasteiger partial charge in [0.25, 0.3) is 8.32 Å². The summed E-state index contributed by atoms with van der Waals surface area (Å²) < 4.78 is 12.3. The zero-order valence-corrected chi connectivity index (χ0v) is 18.9. The molecule has 0 amide bonds. The Balaban J connectivity index is 2.01. The Kier molecular flexibility index (Phi) is 6.43. The van der Waals surface area contributed by atoms with E-state index in [1.54, 1.807) is 0 Å². The van der Waals surface area contributed by atoms with E-state index >= 15 is 0 Å². The molecule has 6 nitrogen and oxygen atoms in total. The van der Waals surface area contributed by atoms with Crippen molar-refractivity contribution < 1.29 is 18.9 Å². The third-order valence-electron chi connectivity index (χ3n) is 6.00. The highest BCUT2D eigenvalue weighted by Crippen LogP contribution is 2.38. The van der Waals surface area contributed by atoms with Crippen LogP contribution in [0, 0.1) is 16.0 Å². The Labute approximate surface area is 178 Å². The van der Waals surface area contributed by atoms with E-state index in [1.807, 2.05) is 36.4 Å². The zero-order valence-electron chi connectivity index (χ0n) is 17.9. The lowest BCUT2D eigenvalue weighted by atomic mass is 9.94. The fourth-order valence-electron chi connectivity index (χ4n) is 4.39. The second-order valence-electron chi connectivity index (χ2n) is 8.90. The number of nitrogens with zero attached hydrogens (tertiary/aromatic N) is 1. The van der Waals surface area contributed by atoms with Crippen molar-refractivity contribution in [2.45, 2.75) is 51.3 Å². The number of rotatable bonds is 7. The van der Waals surface area contributed by atoms with Crippen molar-refractivity contribution in [1.82, 2.24) is 0 Å². The van der Waals surface area contributed by atoms with E-state index in [9.17, 15) is 14.9 Å². The summed E-state index contributed by atoms with van der Waals surface area (Å²) in [6, 6.07) is 19.4. The summed E-state index contributed by atoms with van der Waals surface area (Å²) in [6.45, 7) is 8.16. The van der Waals surface area contributed by atoms with Crippen molar-refractivity contribution in [2.75, 3.05) is 6.61 Å².